The van der Waals surface area contributed by atoms with Crippen molar-refractivity contribution in [3.05, 3.63) is 46.8 Å². The smallest absolute Gasteiger partial charge is 0.122 e. The molecule has 0 aliphatic carbocycles. The van der Waals surface area contributed by atoms with Gasteiger partial charge in [0.25, 0.3) is 0 Å². The second kappa shape index (κ2) is 6.02. The zero-order valence-corrected chi connectivity index (χ0v) is 11.7. The van der Waals surface area contributed by atoms with Crippen molar-refractivity contribution in [2.24, 2.45) is 0 Å². The van der Waals surface area contributed by atoms with Gasteiger partial charge in [0.15, 0.2) is 0 Å². The summed E-state index contributed by atoms with van der Waals surface area (Å²) in [6.45, 7) is 0. The van der Waals surface area contributed by atoms with E-state index in [4.69, 9.17) is 4.74 Å². The summed E-state index contributed by atoms with van der Waals surface area (Å²) in [5.41, 5.74) is 1.14. The van der Waals surface area contributed by atoms with Crippen LogP contribution in [0.1, 0.15) is 5.56 Å². The van der Waals surface area contributed by atoms with Gasteiger partial charge in [0, 0.05) is 22.0 Å². The second-order valence-corrected chi connectivity index (χ2v) is 5.20. The summed E-state index contributed by atoms with van der Waals surface area (Å²) in [7, 11) is 1.68. The van der Waals surface area contributed by atoms with Crippen LogP contribution in [0.2, 0.25) is 0 Å². The standard InChI is InChI=1S/C12H11BrN2OS/c1-16-11-3-2-10(13)6-9(11)7-17-12-4-5-14-8-15-12/h2-6,8H,7H2,1H3. The Morgan fingerprint density at radius 1 is 1.35 bits per heavy atom. The lowest BCUT2D eigenvalue weighted by molar-refractivity contribution is 0.411. The number of thioether (sulfide) groups is 1. The highest BCUT2D eigenvalue weighted by molar-refractivity contribution is 9.10. The molecule has 5 heteroatoms. The molecule has 0 bridgehead atoms. The lowest BCUT2D eigenvalue weighted by Crippen LogP contribution is -1.91. The number of ether oxygens (including phenoxy) is 1. The molecule has 0 amide bonds. The Morgan fingerprint density at radius 3 is 2.94 bits per heavy atom. The van der Waals surface area contributed by atoms with Crippen LogP contribution in [-0.2, 0) is 5.75 Å². The first-order valence-electron chi connectivity index (χ1n) is 5.01. The van der Waals surface area contributed by atoms with Gasteiger partial charge in [-0.15, -0.1) is 11.8 Å². The van der Waals surface area contributed by atoms with Crippen molar-refractivity contribution < 1.29 is 4.74 Å². The Hall–Kier alpha value is -1.07. The summed E-state index contributed by atoms with van der Waals surface area (Å²) in [5, 5.41) is 0.960. The number of nitrogens with zero attached hydrogens (tertiary/aromatic N) is 2. The van der Waals surface area contributed by atoms with Crippen LogP contribution in [-0.4, -0.2) is 17.1 Å². The van der Waals surface area contributed by atoms with Crippen LogP contribution in [0.5, 0.6) is 5.75 Å². The maximum Gasteiger partial charge on any atom is 0.122 e. The molecule has 0 unspecified atom stereocenters. The van der Waals surface area contributed by atoms with E-state index in [1.54, 1.807) is 31.4 Å². The lowest BCUT2D eigenvalue weighted by Gasteiger charge is -2.08. The molecule has 0 saturated carbocycles. The predicted molar refractivity (Wildman–Crippen MR) is 72.3 cm³/mol. The summed E-state index contributed by atoms with van der Waals surface area (Å²) in [4.78, 5) is 8.06. The summed E-state index contributed by atoms with van der Waals surface area (Å²) in [6, 6.07) is 7.89. The van der Waals surface area contributed by atoms with Gasteiger partial charge in [0.1, 0.15) is 12.1 Å². The first-order chi connectivity index (χ1) is 8.29. The fourth-order valence-corrected chi connectivity index (χ4v) is 2.59. The van der Waals surface area contributed by atoms with Crippen molar-refractivity contribution in [1.82, 2.24) is 9.97 Å². The topological polar surface area (TPSA) is 35.0 Å². The molecule has 88 valence electrons. The summed E-state index contributed by atoms with van der Waals surface area (Å²) in [5.74, 6) is 1.72. The minimum Gasteiger partial charge on any atom is -0.496 e. The van der Waals surface area contributed by atoms with Crippen LogP contribution in [0.3, 0.4) is 0 Å². The first kappa shape index (κ1) is 12.4. The molecule has 0 fully saturated rings. The van der Waals surface area contributed by atoms with E-state index in [9.17, 15) is 0 Å². The largest absolute Gasteiger partial charge is 0.496 e. The molecule has 0 aliphatic rings. The molecule has 0 aliphatic heterocycles. The molecule has 0 N–H and O–H groups in total. The maximum atomic E-state index is 5.32. The first-order valence-corrected chi connectivity index (χ1v) is 6.78. The van der Waals surface area contributed by atoms with Crippen LogP contribution in [0.15, 0.2) is 46.3 Å². The van der Waals surface area contributed by atoms with Gasteiger partial charge >= 0.3 is 0 Å². The van der Waals surface area contributed by atoms with Crippen LogP contribution >= 0.6 is 27.7 Å². The predicted octanol–water partition coefficient (Wildman–Crippen LogP) is 3.54. The molecule has 3 nitrogen and oxygen atoms in total. The van der Waals surface area contributed by atoms with Gasteiger partial charge in [-0.05, 0) is 24.3 Å². The fourth-order valence-electron chi connectivity index (χ4n) is 1.38. The minimum atomic E-state index is 0.819. The summed E-state index contributed by atoms with van der Waals surface area (Å²) < 4.78 is 6.37. The molecule has 0 atom stereocenters. The van der Waals surface area contributed by atoms with Crippen LogP contribution < -0.4 is 4.74 Å². The molecular weight excluding hydrogens is 300 g/mol. The molecule has 0 radical (unpaired) electrons. The fraction of sp³-hybridized carbons (Fsp3) is 0.167. The van der Waals surface area contributed by atoms with Gasteiger partial charge < -0.3 is 4.74 Å². The average Bonchev–Trinajstić information content (AvgIpc) is 2.38. The summed E-state index contributed by atoms with van der Waals surface area (Å²) >= 11 is 5.12. The minimum absolute atomic E-state index is 0.819. The van der Waals surface area contributed by atoms with Crippen molar-refractivity contribution in [3.63, 3.8) is 0 Å². The second-order valence-electron chi connectivity index (χ2n) is 3.29. The molecule has 2 rings (SSSR count). The number of rotatable bonds is 4. The van der Waals surface area contributed by atoms with E-state index in [1.165, 1.54) is 0 Å². The lowest BCUT2D eigenvalue weighted by atomic mass is 10.2. The monoisotopic (exact) mass is 310 g/mol. The molecule has 17 heavy (non-hydrogen) atoms. The third kappa shape index (κ3) is 3.44. The Balaban J connectivity index is 2.11. The number of hydrogen-bond acceptors (Lipinski definition) is 4. The van der Waals surface area contributed by atoms with E-state index in [-0.39, 0.29) is 0 Å². The van der Waals surface area contributed by atoms with Crippen molar-refractivity contribution in [1.29, 1.82) is 0 Å². The third-order valence-corrected chi connectivity index (χ3v) is 3.66. The highest BCUT2D eigenvalue weighted by Gasteiger charge is 2.05. The van der Waals surface area contributed by atoms with Crippen molar-refractivity contribution >= 4 is 27.7 Å². The van der Waals surface area contributed by atoms with E-state index in [0.29, 0.717) is 0 Å². The molecule has 1 aromatic heterocycles. The Kier molecular flexibility index (Phi) is 4.39. The zero-order chi connectivity index (χ0) is 12.1. The van der Waals surface area contributed by atoms with E-state index < -0.39 is 0 Å². The van der Waals surface area contributed by atoms with Gasteiger partial charge in [0.2, 0.25) is 0 Å². The number of halogens is 1. The van der Waals surface area contributed by atoms with Gasteiger partial charge in [-0.3, -0.25) is 0 Å². The van der Waals surface area contributed by atoms with E-state index in [1.807, 2.05) is 18.2 Å². The Labute approximate surface area is 113 Å². The van der Waals surface area contributed by atoms with Crippen molar-refractivity contribution in [2.45, 2.75) is 10.8 Å². The van der Waals surface area contributed by atoms with Crippen molar-refractivity contribution in [2.75, 3.05) is 7.11 Å². The van der Waals surface area contributed by atoms with Crippen LogP contribution in [0.25, 0.3) is 0 Å². The number of aromatic nitrogens is 2. The maximum absolute atomic E-state index is 5.32. The van der Waals surface area contributed by atoms with Gasteiger partial charge in [-0.1, -0.05) is 15.9 Å². The van der Waals surface area contributed by atoms with Gasteiger partial charge in [-0.25, -0.2) is 9.97 Å². The van der Waals surface area contributed by atoms with E-state index in [0.717, 1.165) is 26.6 Å². The number of methoxy groups -OCH3 is 1. The van der Waals surface area contributed by atoms with E-state index in [2.05, 4.69) is 32.0 Å². The zero-order valence-electron chi connectivity index (χ0n) is 9.26. The van der Waals surface area contributed by atoms with Crippen LogP contribution in [0, 0.1) is 0 Å². The molecule has 0 spiro atoms. The number of benzene rings is 1. The molecule has 1 aromatic carbocycles. The van der Waals surface area contributed by atoms with Crippen LogP contribution in [0.4, 0.5) is 0 Å². The average molecular weight is 311 g/mol. The summed E-state index contributed by atoms with van der Waals surface area (Å²) in [6.07, 6.45) is 3.30. The van der Waals surface area contributed by atoms with E-state index >= 15 is 0 Å². The normalized spacial score (nSPS) is 10.2. The highest BCUT2D eigenvalue weighted by Crippen LogP contribution is 2.29. The molecule has 0 saturated heterocycles. The Morgan fingerprint density at radius 2 is 2.24 bits per heavy atom. The molecular formula is C12H11BrN2OS. The quantitative estimate of drug-likeness (QED) is 0.639. The molecule has 1 heterocycles. The highest BCUT2D eigenvalue weighted by atomic mass is 79.9. The third-order valence-electron chi connectivity index (χ3n) is 2.17. The Bertz CT molecular complexity index is 493. The molecule has 2 aromatic rings. The SMILES string of the molecule is COc1ccc(Br)cc1CSc1ccncn1. The van der Waals surface area contributed by atoms with Gasteiger partial charge in [-0.2, -0.15) is 0 Å². The van der Waals surface area contributed by atoms with Crippen molar-refractivity contribution in [3.8, 4) is 5.75 Å². The number of hydrogen-bond donors (Lipinski definition) is 0. The van der Waals surface area contributed by atoms with Gasteiger partial charge in [0.05, 0.1) is 12.1 Å².